The molecule has 1 aliphatic heterocycles. The van der Waals surface area contributed by atoms with Crippen LogP contribution in [0, 0.1) is 0 Å². The highest BCUT2D eigenvalue weighted by atomic mass is 32.2. The molecule has 1 heterocycles. The van der Waals surface area contributed by atoms with Crippen molar-refractivity contribution in [2.24, 2.45) is 15.0 Å². The van der Waals surface area contributed by atoms with Crippen molar-refractivity contribution in [3.63, 3.8) is 0 Å². The molecule has 5 heteroatoms. The molecule has 7 rings (SSSR count). The van der Waals surface area contributed by atoms with Crippen LogP contribution < -0.4 is 0 Å². The van der Waals surface area contributed by atoms with Crippen LogP contribution in [0.15, 0.2) is 180 Å². The van der Waals surface area contributed by atoms with Gasteiger partial charge in [0.15, 0.2) is 11.7 Å². The first-order chi connectivity index (χ1) is 23.9. The van der Waals surface area contributed by atoms with E-state index >= 15 is 0 Å². The van der Waals surface area contributed by atoms with Gasteiger partial charge in [0.2, 0.25) is 0 Å². The van der Waals surface area contributed by atoms with E-state index in [2.05, 4.69) is 111 Å². The lowest BCUT2D eigenvalue weighted by Gasteiger charge is -2.24. The van der Waals surface area contributed by atoms with E-state index in [4.69, 9.17) is 9.98 Å². The monoisotopic (exact) mass is 671 g/mol. The first kappa shape index (κ1) is 32.6. The minimum Gasteiger partial charge on any atom is -0.261 e. The van der Waals surface area contributed by atoms with Crippen molar-refractivity contribution in [2.75, 3.05) is 0 Å². The minimum absolute atomic E-state index is 0.0713. The van der Waals surface area contributed by atoms with Gasteiger partial charge < -0.3 is 0 Å². The third kappa shape index (κ3) is 6.44. The van der Waals surface area contributed by atoms with Crippen molar-refractivity contribution in [3.05, 3.63) is 168 Å². The lowest BCUT2D eigenvalue weighted by molar-refractivity contribution is 0.657. The molecule has 5 aromatic rings. The highest BCUT2D eigenvalue weighted by Crippen LogP contribution is 2.56. The third-order valence-corrected chi connectivity index (χ3v) is 11.5. The SMILES string of the molecule is C=C/C=C(\C=C/C)C(N=C)=NC(=NCc1cccc(-c2ccc3c(c2)-c2cc4c(cc2C3(C)C)Sc2ccccc2S4)c1)c1ccccc1. The maximum atomic E-state index is 5.01. The van der Waals surface area contributed by atoms with Crippen LogP contribution in [0.25, 0.3) is 22.3 Å². The molecule has 0 amide bonds. The Kier molecular flexibility index (Phi) is 9.22. The Morgan fingerprint density at radius 2 is 1.43 bits per heavy atom. The van der Waals surface area contributed by atoms with Gasteiger partial charge in [-0.1, -0.05) is 141 Å². The minimum atomic E-state index is -0.0713. The van der Waals surface area contributed by atoms with E-state index in [-0.39, 0.29) is 5.41 Å². The smallest absolute Gasteiger partial charge is 0.160 e. The number of hydrogen-bond donors (Lipinski definition) is 0. The summed E-state index contributed by atoms with van der Waals surface area (Å²) >= 11 is 3.77. The highest BCUT2D eigenvalue weighted by Gasteiger charge is 2.37. The van der Waals surface area contributed by atoms with E-state index in [0.29, 0.717) is 18.2 Å². The number of hydrogen-bond acceptors (Lipinski definition) is 3. The maximum absolute atomic E-state index is 5.01. The predicted octanol–water partition coefficient (Wildman–Crippen LogP) is 12.0. The first-order valence-corrected chi connectivity index (χ1v) is 18.0. The van der Waals surface area contributed by atoms with Crippen LogP contribution in [0.5, 0.6) is 0 Å². The van der Waals surface area contributed by atoms with Crippen LogP contribution in [-0.2, 0) is 12.0 Å². The standard InChI is InChI=1S/C44H37N3S2/c1-6-14-30(15-7-2)42(45-5)47-43(31-17-9-8-10-18-31)46-28-29-16-13-19-32(24-29)33-22-23-36-34(25-33)35-26-40-41(27-37(35)44(36,3)4)49-39-21-12-11-20-38(39)48-40/h6-27H,1,5,28H2,2-4H3/b15-7-,30-14+,46-43?,47-42?. The van der Waals surface area contributed by atoms with Crippen LogP contribution in [0.3, 0.4) is 0 Å². The van der Waals surface area contributed by atoms with Gasteiger partial charge in [0.05, 0.1) is 6.54 Å². The van der Waals surface area contributed by atoms with Crippen molar-refractivity contribution in [2.45, 2.75) is 52.3 Å². The van der Waals surface area contributed by atoms with E-state index in [9.17, 15) is 0 Å². The topological polar surface area (TPSA) is 37.1 Å². The molecule has 5 aromatic carbocycles. The molecule has 0 saturated heterocycles. The Bertz CT molecular complexity index is 2220. The average Bonchev–Trinajstić information content (AvgIpc) is 3.35. The number of nitrogens with zero attached hydrogens (tertiary/aromatic N) is 3. The Hall–Kier alpha value is -4.97. The summed E-state index contributed by atoms with van der Waals surface area (Å²) in [5, 5.41) is 0. The van der Waals surface area contributed by atoms with E-state index in [1.807, 2.05) is 79.0 Å². The molecule has 0 unspecified atom stereocenters. The van der Waals surface area contributed by atoms with E-state index in [0.717, 1.165) is 16.7 Å². The van der Waals surface area contributed by atoms with Gasteiger partial charge in [-0.25, -0.2) is 9.98 Å². The Morgan fingerprint density at radius 3 is 2.14 bits per heavy atom. The van der Waals surface area contributed by atoms with Gasteiger partial charge in [0, 0.05) is 36.1 Å². The molecule has 0 radical (unpaired) electrons. The predicted molar refractivity (Wildman–Crippen MR) is 211 cm³/mol. The third-order valence-electron chi connectivity index (χ3n) is 9.00. The van der Waals surface area contributed by atoms with E-state index < -0.39 is 0 Å². The second-order valence-corrected chi connectivity index (χ2v) is 14.7. The summed E-state index contributed by atoms with van der Waals surface area (Å²) in [7, 11) is 0. The zero-order valence-electron chi connectivity index (χ0n) is 28.0. The number of amidine groups is 2. The molecule has 0 bridgehead atoms. The normalized spacial score (nSPS) is 15.0. The molecular weight excluding hydrogens is 635 g/mol. The quantitative estimate of drug-likeness (QED) is 0.0962. The summed E-state index contributed by atoms with van der Waals surface area (Å²) in [6, 6.07) is 39.2. The molecule has 1 aliphatic carbocycles. The summed E-state index contributed by atoms with van der Waals surface area (Å²) < 4.78 is 0. The molecular formula is C44H37N3S2. The summed E-state index contributed by atoms with van der Waals surface area (Å²) in [5.74, 6) is 1.10. The molecule has 0 atom stereocenters. The fourth-order valence-electron chi connectivity index (χ4n) is 6.55. The van der Waals surface area contributed by atoms with Crippen LogP contribution >= 0.6 is 23.5 Å². The van der Waals surface area contributed by atoms with Gasteiger partial charge in [-0.15, -0.1) is 0 Å². The Morgan fingerprint density at radius 1 is 0.735 bits per heavy atom. The van der Waals surface area contributed by atoms with Crippen molar-refractivity contribution < 1.29 is 0 Å². The number of rotatable bonds is 7. The number of fused-ring (bicyclic) bond motifs is 5. The maximum Gasteiger partial charge on any atom is 0.160 e. The van der Waals surface area contributed by atoms with Crippen LogP contribution in [0.2, 0.25) is 0 Å². The van der Waals surface area contributed by atoms with Gasteiger partial charge in [0.25, 0.3) is 0 Å². The Labute approximate surface area is 298 Å². The van der Waals surface area contributed by atoms with E-state index in [1.165, 1.54) is 53.0 Å². The van der Waals surface area contributed by atoms with Crippen LogP contribution in [-0.4, -0.2) is 18.4 Å². The summed E-state index contributed by atoms with van der Waals surface area (Å²) in [6.45, 7) is 14.8. The molecule has 3 nitrogen and oxygen atoms in total. The lowest BCUT2D eigenvalue weighted by Crippen LogP contribution is -2.15. The summed E-state index contributed by atoms with van der Waals surface area (Å²) in [5.41, 5.74) is 10.6. The average molecular weight is 672 g/mol. The van der Waals surface area contributed by atoms with E-state index in [1.54, 1.807) is 6.08 Å². The zero-order chi connectivity index (χ0) is 34.0. The Balaban J connectivity index is 1.23. The molecule has 2 aliphatic rings. The molecule has 0 saturated carbocycles. The van der Waals surface area contributed by atoms with Crippen molar-refractivity contribution in [3.8, 4) is 22.3 Å². The number of aliphatic imine (C=N–C) groups is 3. The molecule has 240 valence electrons. The number of allylic oxidation sites excluding steroid dienone is 3. The second-order valence-electron chi connectivity index (χ2n) is 12.5. The molecule has 0 spiro atoms. The molecule has 0 N–H and O–H groups in total. The molecule has 0 aromatic heterocycles. The number of benzene rings is 5. The van der Waals surface area contributed by atoms with Crippen LogP contribution in [0.4, 0.5) is 0 Å². The largest absolute Gasteiger partial charge is 0.261 e. The van der Waals surface area contributed by atoms with Crippen LogP contribution in [0.1, 0.15) is 43.0 Å². The second kappa shape index (κ2) is 13.9. The summed E-state index contributed by atoms with van der Waals surface area (Å²) in [4.78, 5) is 19.5. The molecule has 49 heavy (non-hydrogen) atoms. The van der Waals surface area contributed by atoms with Gasteiger partial charge in [-0.05, 0) is 89.0 Å². The van der Waals surface area contributed by atoms with Gasteiger partial charge in [-0.3, -0.25) is 4.99 Å². The van der Waals surface area contributed by atoms with Crippen molar-refractivity contribution in [1.82, 2.24) is 0 Å². The fraction of sp³-hybridized carbons (Fsp3) is 0.114. The molecule has 0 fully saturated rings. The first-order valence-electron chi connectivity index (χ1n) is 16.4. The van der Waals surface area contributed by atoms with Crippen molar-refractivity contribution in [1.29, 1.82) is 0 Å². The fourth-order valence-corrected chi connectivity index (χ4v) is 8.83. The van der Waals surface area contributed by atoms with Gasteiger partial charge in [0.1, 0.15) is 0 Å². The van der Waals surface area contributed by atoms with Gasteiger partial charge in [-0.2, -0.15) is 0 Å². The zero-order valence-corrected chi connectivity index (χ0v) is 29.6. The summed E-state index contributed by atoms with van der Waals surface area (Å²) in [6.07, 6.45) is 7.50. The van der Waals surface area contributed by atoms with Gasteiger partial charge >= 0.3 is 0 Å². The van der Waals surface area contributed by atoms with Crippen molar-refractivity contribution >= 4 is 41.9 Å². The highest BCUT2D eigenvalue weighted by molar-refractivity contribution is 8.05. The lowest BCUT2D eigenvalue weighted by atomic mass is 9.82.